The van der Waals surface area contributed by atoms with E-state index in [-0.39, 0.29) is 17.5 Å². The quantitative estimate of drug-likeness (QED) is 0.266. The van der Waals surface area contributed by atoms with Crippen molar-refractivity contribution in [2.75, 3.05) is 23.7 Å². The largest absolute Gasteiger partial charge is 0.322 e. The number of amides is 3. The Balaban J connectivity index is 1.56. The first-order valence-electron chi connectivity index (χ1n) is 11.9. The number of nitrogens with one attached hydrogen (secondary N) is 2. The smallest absolute Gasteiger partial charge is 0.315 e. The number of rotatable bonds is 8. The van der Waals surface area contributed by atoms with Crippen molar-refractivity contribution in [1.29, 1.82) is 0 Å². The Labute approximate surface area is 224 Å². The lowest BCUT2D eigenvalue weighted by atomic mass is 10.1. The van der Waals surface area contributed by atoms with Crippen LogP contribution in [0.2, 0.25) is 5.02 Å². The highest BCUT2D eigenvalue weighted by atomic mass is 35.5. The first-order chi connectivity index (χ1) is 18.2. The number of benzene rings is 3. The molecule has 0 bridgehead atoms. The van der Waals surface area contributed by atoms with Gasteiger partial charge in [0.1, 0.15) is 24.0 Å². The minimum atomic E-state index is -0.601. The van der Waals surface area contributed by atoms with E-state index in [4.69, 9.17) is 11.6 Å². The van der Waals surface area contributed by atoms with Crippen molar-refractivity contribution in [3.05, 3.63) is 95.5 Å². The summed E-state index contributed by atoms with van der Waals surface area (Å²) in [5, 5.41) is 9.97. The minimum absolute atomic E-state index is 0.0692. The van der Waals surface area contributed by atoms with Crippen LogP contribution in [0.3, 0.4) is 0 Å². The van der Waals surface area contributed by atoms with E-state index in [1.54, 1.807) is 18.2 Å². The van der Waals surface area contributed by atoms with Crippen LogP contribution in [0.5, 0.6) is 0 Å². The van der Waals surface area contributed by atoms with Crippen LogP contribution in [0.15, 0.2) is 78.9 Å². The second-order valence-electron chi connectivity index (χ2n) is 9.05. The van der Waals surface area contributed by atoms with E-state index in [0.717, 1.165) is 11.6 Å². The van der Waals surface area contributed by atoms with Gasteiger partial charge >= 0.3 is 6.03 Å². The van der Waals surface area contributed by atoms with E-state index in [1.165, 1.54) is 33.8 Å². The molecule has 0 radical (unpaired) electrons. The zero-order valence-corrected chi connectivity index (χ0v) is 21.5. The molecule has 0 spiro atoms. The molecule has 3 amide bonds. The molecule has 0 saturated carbocycles. The Morgan fingerprint density at radius 2 is 1.68 bits per heavy atom. The summed E-state index contributed by atoms with van der Waals surface area (Å²) in [7, 11) is 0. The van der Waals surface area contributed by atoms with E-state index in [9.17, 15) is 18.4 Å². The van der Waals surface area contributed by atoms with Crippen molar-refractivity contribution in [1.82, 2.24) is 14.7 Å². The number of aromatic nitrogens is 2. The van der Waals surface area contributed by atoms with Gasteiger partial charge in [-0.3, -0.25) is 4.79 Å². The van der Waals surface area contributed by atoms with Gasteiger partial charge in [0.05, 0.1) is 16.4 Å². The summed E-state index contributed by atoms with van der Waals surface area (Å²) in [5.41, 5.74) is 2.30. The highest BCUT2D eigenvalue weighted by molar-refractivity contribution is 6.31. The van der Waals surface area contributed by atoms with Gasteiger partial charge in [-0.25, -0.2) is 18.3 Å². The monoisotopic (exact) mass is 537 g/mol. The molecule has 1 aromatic heterocycles. The van der Waals surface area contributed by atoms with Crippen LogP contribution in [0.25, 0.3) is 16.9 Å². The van der Waals surface area contributed by atoms with Gasteiger partial charge in [-0.2, -0.15) is 5.10 Å². The maximum atomic E-state index is 13.5. The molecule has 196 valence electrons. The lowest BCUT2D eigenvalue weighted by Crippen LogP contribution is -2.42. The summed E-state index contributed by atoms with van der Waals surface area (Å²) in [6.07, 6.45) is 0. The first kappa shape index (κ1) is 26.8. The highest BCUT2D eigenvalue weighted by Crippen LogP contribution is 2.25. The first-order valence-corrected chi connectivity index (χ1v) is 12.3. The molecule has 1 heterocycles. The van der Waals surface area contributed by atoms with Crippen LogP contribution >= 0.6 is 11.6 Å². The average Bonchev–Trinajstić information content (AvgIpc) is 3.30. The number of anilines is 2. The summed E-state index contributed by atoms with van der Waals surface area (Å²) >= 11 is 5.82. The average molecular weight is 538 g/mol. The molecule has 3 aromatic carbocycles. The van der Waals surface area contributed by atoms with E-state index >= 15 is 0 Å². The standard InChI is InChI=1S/C28H26ClF2N5O2/c1-18(2)16-35(28(38)32-21-10-13-24(31)23(29)14-21)17-27(37)33-26-15-25(19-6-4-3-5-7-19)34-36(26)22-11-8-20(30)9-12-22/h3-15,18H,16-17H2,1-2H3,(H,32,38)(H,33,37). The summed E-state index contributed by atoms with van der Waals surface area (Å²) in [5.74, 6) is -1.03. The lowest BCUT2D eigenvalue weighted by molar-refractivity contribution is -0.116. The maximum Gasteiger partial charge on any atom is 0.322 e. The molecule has 7 nitrogen and oxygen atoms in total. The second-order valence-corrected chi connectivity index (χ2v) is 9.46. The minimum Gasteiger partial charge on any atom is -0.315 e. The normalized spacial score (nSPS) is 10.9. The molecule has 0 atom stereocenters. The van der Waals surface area contributed by atoms with Gasteiger partial charge in [0.25, 0.3) is 0 Å². The zero-order chi connectivity index (χ0) is 27.2. The molecule has 4 rings (SSSR count). The molecule has 0 aliphatic rings. The molecule has 0 unspecified atom stereocenters. The van der Waals surface area contributed by atoms with Crippen LogP contribution in [0.4, 0.5) is 25.1 Å². The summed E-state index contributed by atoms with van der Waals surface area (Å²) in [6.45, 7) is 3.88. The van der Waals surface area contributed by atoms with Gasteiger partial charge in [0, 0.05) is 23.9 Å². The summed E-state index contributed by atoms with van der Waals surface area (Å²) in [6, 6.07) is 20.2. The molecular weight excluding hydrogens is 512 g/mol. The van der Waals surface area contributed by atoms with Crippen molar-refractivity contribution in [3.63, 3.8) is 0 Å². The fourth-order valence-corrected chi connectivity index (χ4v) is 3.97. The number of hydrogen-bond donors (Lipinski definition) is 2. The van der Waals surface area contributed by atoms with Crippen molar-refractivity contribution >= 4 is 35.0 Å². The van der Waals surface area contributed by atoms with Crippen LogP contribution < -0.4 is 10.6 Å². The third-order valence-corrected chi connectivity index (χ3v) is 5.79. The molecule has 0 aliphatic heterocycles. The van der Waals surface area contributed by atoms with Gasteiger partial charge in [0.2, 0.25) is 5.91 Å². The number of nitrogens with zero attached hydrogens (tertiary/aromatic N) is 3. The topological polar surface area (TPSA) is 79.3 Å². The van der Waals surface area contributed by atoms with Crippen molar-refractivity contribution in [2.45, 2.75) is 13.8 Å². The Morgan fingerprint density at radius 1 is 0.974 bits per heavy atom. The summed E-state index contributed by atoms with van der Waals surface area (Å²) in [4.78, 5) is 27.5. The number of urea groups is 1. The lowest BCUT2D eigenvalue weighted by Gasteiger charge is -2.24. The van der Waals surface area contributed by atoms with Crippen molar-refractivity contribution < 1.29 is 18.4 Å². The molecule has 0 fully saturated rings. The fraction of sp³-hybridized carbons (Fsp3) is 0.179. The molecular formula is C28H26ClF2N5O2. The maximum absolute atomic E-state index is 13.5. The van der Waals surface area contributed by atoms with Crippen LogP contribution in [0.1, 0.15) is 13.8 Å². The van der Waals surface area contributed by atoms with Gasteiger partial charge in [-0.05, 0) is 48.4 Å². The Bertz CT molecular complexity index is 1430. The molecule has 38 heavy (non-hydrogen) atoms. The molecule has 10 heteroatoms. The van der Waals surface area contributed by atoms with Crippen molar-refractivity contribution in [2.24, 2.45) is 5.92 Å². The van der Waals surface area contributed by atoms with E-state index < -0.39 is 23.6 Å². The van der Waals surface area contributed by atoms with Crippen molar-refractivity contribution in [3.8, 4) is 16.9 Å². The zero-order valence-electron chi connectivity index (χ0n) is 20.8. The van der Waals surface area contributed by atoms with E-state index in [0.29, 0.717) is 29.4 Å². The molecule has 0 saturated heterocycles. The fourth-order valence-electron chi connectivity index (χ4n) is 3.79. The predicted molar refractivity (Wildman–Crippen MR) is 144 cm³/mol. The SMILES string of the molecule is CC(C)CN(CC(=O)Nc1cc(-c2ccccc2)nn1-c1ccc(F)cc1)C(=O)Nc1ccc(F)c(Cl)c1. The van der Waals surface area contributed by atoms with Crippen LogP contribution in [0, 0.1) is 17.6 Å². The Kier molecular flexibility index (Phi) is 8.38. The number of halogens is 3. The summed E-state index contributed by atoms with van der Waals surface area (Å²) < 4.78 is 28.5. The predicted octanol–water partition coefficient (Wildman–Crippen LogP) is 6.60. The number of carbonyl (C=O) groups excluding carboxylic acids is 2. The third kappa shape index (κ3) is 6.74. The Hall–Kier alpha value is -4.24. The number of carbonyl (C=O) groups is 2. The molecule has 2 N–H and O–H groups in total. The van der Waals surface area contributed by atoms with Gasteiger partial charge in [-0.15, -0.1) is 0 Å². The highest BCUT2D eigenvalue weighted by Gasteiger charge is 2.21. The number of hydrogen-bond acceptors (Lipinski definition) is 3. The van der Waals surface area contributed by atoms with Crippen LogP contribution in [-0.4, -0.2) is 39.7 Å². The molecule has 4 aromatic rings. The third-order valence-electron chi connectivity index (χ3n) is 5.50. The van der Waals surface area contributed by atoms with Gasteiger partial charge in [0.15, 0.2) is 0 Å². The van der Waals surface area contributed by atoms with E-state index in [2.05, 4.69) is 15.7 Å². The Morgan fingerprint density at radius 3 is 2.34 bits per heavy atom. The second kappa shape index (κ2) is 11.9. The molecule has 0 aliphatic carbocycles. The van der Waals surface area contributed by atoms with Gasteiger partial charge < -0.3 is 15.5 Å². The van der Waals surface area contributed by atoms with Crippen LogP contribution in [-0.2, 0) is 4.79 Å². The van der Waals surface area contributed by atoms with E-state index in [1.807, 2.05) is 44.2 Å². The van der Waals surface area contributed by atoms with Gasteiger partial charge in [-0.1, -0.05) is 55.8 Å².